The summed E-state index contributed by atoms with van der Waals surface area (Å²) in [4.78, 5) is 9.87. The van der Waals surface area contributed by atoms with Crippen molar-refractivity contribution in [2.45, 2.75) is 106 Å². The summed E-state index contributed by atoms with van der Waals surface area (Å²) in [5, 5.41) is 0. The predicted octanol–water partition coefficient (Wildman–Crippen LogP) is 9.79. The normalized spacial score (nSPS) is 12.4. The van der Waals surface area contributed by atoms with Crippen LogP contribution >= 0.6 is 0 Å². The van der Waals surface area contributed by atoms with Crippen molar-refractivity contribution in [3.05, 3.63) is 125 Å². The third-order valence-corrected chi connectivity index (χ3v) is 19.7. The molecule has 0 saturated carbocycles. The number of pyridine rings is 2. The van der Waals surface area contributed by atoms with Crippen molar-refractivity contribution in [3.8, 4) is 22.5 Å². The summed E-state index contributed by atoms with van der Waals surface area (Å²) in [5.41, 5.74) is 12.7. The first kappa shape index (κ1) is 35.2. The third kappa shape index (κ3) is 7.95. The van der Waals surface area contributed by atoms with E-state index in [2.05, 4.69) is 162 Å². The molecule has 0 aliphatic heterocycles. The fraction of sp³-hybridized carbons (Fsp3) is 0.364. The fourth-order valence-electron chi connectivity index (χ4n) is 6.14. The molecule has 2 nitrogen and oxygen atoms in total. The summed E-state index contributed by atoms with van der Waals surface area (Å²) in [7, 11) is 0. The van der Waals surface area contributed by atoms with Crippen LogP contribution in [0.2, 0.25) is 0 Å². The molecule has 5 aromatic rings. The number of hydrogen-bond donors (Lipinski definition) is 0. The van der Waals surface area contributed by atoms with E-state index < -0.39 is 21.8 Å². The predicted molar refractivity (Wildman–Crippen MR) is 205 cm³/mol. The van der Waals surface area contributed by atoms with Gasteiger partial charge in [0.1, 0.15) is 0 Å². The molecule has 0 amide bonds. The van der Waals surface area contributed by atoms with Gasteiger partial charge in [0, 0.05) is 0 Å². The van der Waals surface area contributed by atoms with Crippen molar-refractivity contribution in [2.24, 2.45) is 0 Å². The maximum atomic E-state index is 4.93. The third-order valence-electron chi connectivity index (χ3n) is 9.24. The molecular weight excluding hydrogens is 765 g/mol. The van der Waals surface area contributed by atoms with Crippen LogP contribution in [0.15, 0.2) is 91.3 Å². The molecule has 2 heterocycles. The molecule has 5 rings (SSSR count). The average Bonchev–Trinajstić information content (AvgIpc) is 3.01. The molecule has 3 heteroatoms. The second-order valence-electron chi connectivity index (χ2n) is 15.9. The topological polar surface area (TPSA) is 25.8 Å². The summed E-state index contributed by atoms with van der Waals surface area (Å²) in [5.74, 6) is 0.897. The van der Waals surface area contributed by atoms with Crippen molar-refractivity contribution in [1.82, 2.24) is 9.97 Å². The van der Waals surface area contributed by atoms with E-state index in [-0.39, 0.29) is 10.8 Å². The molecule has 0 fully saturated rings. The van der Waals surface area contributed by atoms with Gasteiger partial charge in [-0.05, 0) is 0 Å². The molecule has 0 N–H and O–H groups in total. The number of hydrogen-bond acceptors (Lipinski definition) is 2. The minimum atomic E-state index is -2.96. The first-order valence-corrected chi connectivity index (χ1v) is 22.3. The number of aromatic nitrogens is 2. The zero-order chi connectivity index (χ0) is 34.3. The van der Waals surface area contributed by atoms with E-state index in [0.717, 1.165) is 11.4 Å². The Labute approximate surface area is 292 Å². The molecule has 0 radical (unpaired) electrons. The average molecular weight is 819 g/mol. The van der Waals surface area contributed by atoms with Gasteiger partial charge in [-0.2, -0.15) is 0 Å². The van der Waals surface area contributed by atoms with Gasteiger partial charge in [0.15, 0.2) is 0 Å². The number of aryl methyl sites for hydroxylation is 2. The monoisotopic (exact) mass is 818 g/mol. The first-order chi connectivity index (χ1) is 22.0. The van der Waals surface area contributed by atoms with Crippen molar-refractivity contribution in [3.63, 3.8) is 0 Å². The van der Waals surface area contributed by atoms with Crippen LogP contribution < -0.4 is 9.81 Å². The van der Waals surface area contributed by atoms with Gasteiger partial charge in [-0.15, -0.1) is 0 Å². The Morgan fingerprint density at radius 1 is 0.532 bits per heavy atom. The molecule has 0 unspecified atom stereocenters. The van der Waals surface area contributed by atoms with Gasteiger partial charge in [-0.1, -0.05) is 0 Å². The van der Waals surface area contributed by atoms with Gasteiger partial charge in [0.25, 0.3) is 0 Å². The fourth-order valence-corrected chi connectivity index (χ4v) is 16.8. The Bertz CT molecular complexity index is 1750. The Morgan fingerprint density at radius 3 is 1.30 bits per heavy atom. The standard InChI is InChI=1S/2C18H22N.C8H9.Bi/c2*1-13(2)14-9-10-19-17(12-14)15-7-6-8-16(11-15)18(3,4)5;1-7-4-3-5-8(2)6-7;/h2*7-13H,1-5H3;3-5H,1-2H3;. The Hall–Kier alpha value is -3.16. The molecule has 0 spiro atoms. The zero-order valence-corrected chi connectivity index (χ0v) is 34.1. The summed E-state index contributed by atoms with van der Waals surface area (Å²) >= 11 is -2.96. The van der Waals surface area contributed by atoms with Gasteiger partial charge in [0.05, 0.1) is 0 Å². The molecule has 0 aliphatic carbocycles. The van der Waals surface area contributed by atoms with E-state index in [4.69, 9.17) is 9.97 Å². The van der Waals surface area contributed by atoms with E-state index >= 15 is 0 Å². The van der Waals surface area contributed by atoms with Crippen LogP contribution in [0, 0.1) is 13.8 Å². The molecule has 47 heavy (non-hydrogen) atoms. The van der Waals surface area contributed by atoms with E-state index in [0.29, 0.717) is 11.8 Å². The Kier molecular flexibility index (Phi) is 10.3. The number of benzene rings is 3. The van der Waals surface area contributed by atoms with Crippen LogP contribution in [0.3, 0.4) is 0 Å². The summed E-state index contributed by atoms with van der Waals surface area (Å²) in [6.45, 7) is 27.7. The Morgan fingerprint density at radius 2 is 0.936 bits per heavy atom. The van der Waals surface area contributed by atoms with Gasteiger partial charge in [-0.25, -0.2) is 0 Å². The summed E-state index contributed by atoms with van der Waals surface area (Å²) in [6.07, 6.45) is 3.97. The van der Waals surface area contributed by atoms with Crippen LogP contribution in [-0.4, -0.2) is 31.7 Å². The minimum absolute atomic E-state index is 0.00375. The number of nitrogens with zero attached hydrogens (tertiary/aromatic N) is 2. The zero-order valence-electron chi connectivity index (χ0n) is 30.7. The number of rotatable bonds is 7. The molecule has 2 aromatic heterocycles. The second kappa shape index (κ2) is 13.8. The van der Waals surface area contributed by atoms with Crippen LogP contribution in [0.4, 0.5) is 0 Å². The van der Waals surface area contributed by atoms with Gasteiger partial charge in [0.2, 0.25) is 0 Å². The first-order valence-electron chi connectivity index (χ1n) is 17.1. The van der Waals surface area contributed by atoms with Gasteiger partial charge < -0.3 is 0 Å². The SMILES string of the molecule is Cc1cccc(C)[c]1[Bi]([c]1cc(-c2cc(C(C)C)ccn2)cc(C(C)(C)C)c1)[c]1cc(-c2cc(C(C)C)ccn2)cc(C(C)(C)C)c1. The van der Waals surface area contributed by atoms with E-state index in [9.17, 15) is 0 Å². The van der Waals surface area contributed by atoms with Crippen LogP contribution in [-0.2, 0) is 10.8 Å². The van der Waals surface area contributed by atoms with Crippen molar-refractivity contribution < 1.29 is 0 Å². The van der Waals surface area contributed by atoms with Crippen molar-refractivity contribution in [2.75, 3.05) is 0 Å². The molecule has 0 bridgehead atoms. The maximum absolute atomic E-state index is 4.93. The summed E-state index contributed by atoms with van der Waals surface area (Å²) in [6, 6.07) is 30.6. The van der Waals surface area contributed by atoms with Crippen LogP contribution in [0.1, 0.15) is 114 Å². The quantitative estimate of drug-likeness (QED) is 0.153. The molecule has 3 aromatic carbocycles. The van der Waals surface area contributed by atoms with Crippen molar-refractivity contribution in [1.29, 1.82) is 0 Å². The second-order valence-corrected chi connectivity index (χ2v) is 24.2. The molecule has 0 atom stereocenters. The van der Waals surface area contributed by atoms with E-state index in [1.165, 1.54) is 51.1 Å². The Balaban J connectivity index is 1.85. The molecule has 0 saturated heterocycles. The summed E-state index contributed by atoms with van der Waals surface area (Å²) < 4.78 is 4.57. The van der Waals surface area contributed by atoms with Crippen molar-refractivity contribution >= 4 is 31.6 Å². The molecular formula is C44H53BiN2. The van der Waals surface area contributed by atoms with Crippen LogP contribution in [0.25, 0.3) is 22.5 Å². The van der Waals surface area contributed by atoms with Crippen LogP contribution in [0.5, 0.6) is 0 Å². The molecule has 0 aliphatic rings. The van der Waals surface area contributed by atoms with E-state index in [1.54, 1.807) is 3.27 Å². The van der Waals surface area contributed by atoms with E-state index in [1.807, 2.05) is 12.4 Å². The van der Waals surface area contributed by atoms with Gasteiger partial charge >= 0.3 is 294 Å². The van der Waals surface area contributed by atoms with Gasteiger partial charge in [-0.3, -0.25) is 0 Å². The molecule has 244 valence electrons.